The molecule has 2 unspecified atom stereocenters. The van der Waals surface area contributed by atoms with Gasteiger partial charge in [0.25, 0.3) is 0 Å². The van der Waals surface area contributed by atoms with Gasteiger partial charge >= 0.3 is 16.5 Å². The molecule has 0 aromatic carbocycles. The van der Waals surface area contributed by atoms with Crippen LogP contribution in [0.4, 0.5) is 0 Å². The summed E-state index contributed by atoms with van der Waals surface area (Å²) in [6.45, 7) is -1.60. The minimum Gasteiger partial charge on any atom is -0.326 e. The standard InChI is InChI=1S/C6H12N2O8P2/c9-5-1-7(3-15-17(11)12)6(10)2-8(5)4-16-18(13)14/h17-18H,1-4H2,(H,11,12)(H,13,14). The van der Waals surface area contributed by atoms with Crippen LogP contribution in [0, 0.1) is 0 Å². The fourth-order valence-corrected chi connectivity index (χ4v) is 1.74. The highest BCUT2D eigenvalue weighted by Crippen LogP contribution is 2.18. The smallest absolute Gasteiger partial charge is 0.318 e. The van der Waals surface area contributed by atoms with Crippen LogP contribution in [0.5, 0.6) is 0 Å². The molecule has 1 saturated heterocycles. The van der Waals surface area contributed by atoms with Crippen molar-refractivity contribution in [2.75, 3.05) is 26.6 Å². The van der Waals surface area contributed by atoms with Crippen molar-refractivity contribution in [2.24, 2.45) is 0 Å². The normalized spacial score (nSPS) is 20.1. The average molecular weight is 302 g/mol. The summed E-state index contributed by atoms with van der Waals surface area (Å²) < 4.78 is 29.4. The molecule has 0 aromatic heterocycles. The number of hydrogen-bond donors (Lipinski definition) is 2. The zero-order chi connectivity index (χ0) is 13.7. The Morgan fingerprint density at radius 3 is 1.56 bits per heavy atom. The molecule has 18 heavy (non-hydrogen) atoms. The van der Waals surface area contributed by atoms with E-state index in [4.69, 9.17) is 9.79 Å². The number of amides is 2. The highest BCUT2D eigenvalue weighted by molar-refractivity contribution is 7.32. The van der Waals surface area contributed by atoms with Gasteiger partial charge in [0.1, 0.15) is 26.6 Å². The first-order valence-corrected chi connectivity index (χ1v) is 7.20. The predicted molar refractivity (Wildman–Crippen MR) is 57.8 cm³/mol. The fraction of sp³-hybridized carbons (Fsp3) is 0.667. The lowest BCUT2D eigenvalue weighted by atomic mass is 10.3. The summed E-state index contributed by atoms with van der Waals surface area (Å²) >= 11 is 0. The van der Waals surface area contributed by atoms with Crippen molar-refractivity contribution in [3.8, 4) is 0 Å². The summed E-state index contributed by atoms with van der Waals surface area (Å²) in [5.74, 6) is -1.03. The number of carbonyl (C=O) groups excluding carboxylic acids is 2. The van der Waals surface area contributed by atoms with Gasteiger partial charge < -0.3 is 19.6 Å². The molecule has 1 aliphatic heterocycles. The number of rotatable bonds is 6. The van der Waals surface area contributed by atoms with E-state index in [-0.39, 0.29) is 13.1 Å². The van der Waals surface area contributed by atoms with E-state index >= 15 is 0 Å². The van der Waals surface area contributed by atoms with Crippen molar-refractivity contribution in [2.45, 2.75) is 0 Å². The summed E-state index contributed by atoms with van der Waals surface area (Å²) in [5.41, 5.74) is 0. The number of carbonyl (C=O) groups is 2. The zero-order valence-corrected chi connectivity index (χ0v) is 11.1. The number of nitrogens with zero attached hydrogens (tertiary/aromatic N) is 2. The number of hydrogen-bond acceptors (Lipinski definition) is 6. The van der Waals surface area contributed by atoms with Gasteiger partial charge in [0.2, 0.25) is 11.8 Å². The Bertz CT molecular complexity index is 352. The molecule has 1 heterocycles. The Morgan fingerprint density at radius 1 is 0.944 bits per heavy atom. The van der Waals surface area contributed by atoms with Gasteiger partial charge in [0, 0.05) is 0 Å². The topological polar surface area (TPSA) is 134 Å². The first-order chi connectivity index (χ1) is 8.40. The fourth-order valence-electron chi connectivity index (χ4n) is 1.20. The van der Waals surface area contributed by atoms with Crippen LogP contribution in [-0.4, -0.2) is 58.0 Å². The van der Waals surface area contributed by atoms with Crippen LogP contribution < -0.4 is 0 Å². The Balaban J connectivity index is 2.48. The van der Waals surface area contributed by atoms with Crippen molar-refractivity contribution < 1.29 is 37.6 Å². The highest BCUT2D eigenvalue weighted by Gasteiger charge is 2.30. The quantitative estimate of drug-likeness (QED) is 0.558. The van der Waals surface area contributed by atoms with Gasteiger partial charge in [-0.3, -0.25) is 27.8 Å². The van der Waals surface area contributed by atoms with Crippen LogP contribution in [0.3, 0.4) is 0 Å². The molecule has 0 bridgehead atoms. The summed E-state index contributed by atoms with van der Waals surface area (Å²) in [4.78, 5) is 41.8. The zero-order valence-electron chi connectivity index (χ0n) is 9.07. The summed E-state index contributed by atoms with van der Waals surface area (Å²) in [6, 6.07) is 0. The summed E-state index contributed by atoms with van der Waals surface area (Å²) in [6.07, 6.45) is 0. The second-order valence-corrected chi connectivity index (χ2v) is 4.90. The van der Waals surface area contributed by atoms with Gasteiger partial charge in [-0.2, -0.15) is 0 Å². The highest BCUT2D eigenvalue weighted by atomic mass is 31.1. The molecule has 1 fully saturated rings. The lowest BCUT2D eigenvalue weighted by Gasteiger charge is -2.32. The molecular formula is C6H12N2O8P2. The van der Waals surface area contributed by atoms with Crippen molar-refractivity contribution >= 4 is 28.3 Å². The van der Waals surface area contributed by atoms with Crippen LogP contribution in [-0.2, 0) is 27.8 Å². The van der Waals surface area contributed by atoms with E-state index in [2.05, 4.69) is 9.05 Å². The van der Waals surface area contributed by atoms with Crippen LogP contribution >= 0.6 is 16.5 Å². The van der Waals surface area contributed by atoms with Crippen LogP contribution in [0.2, 0.25) is 0 Å². The van der Waals surface area contributed by atoms with Gasteiger partial charge in [-0.05, 0) is 0 Å². The summed E-state index contributed by atoms with van der Waals surface area (Å²) in [5, 5.41) is 0. The van der Waals surface area contributed by atoms with Gasteiger partial charge in [0.15, 0.2) is 0 Å². The Kier molecular flexibility index (Phi) is 5.94. The van der Waals surface area contributed by atoms with E-state index in [1.807, 2.05) is 0 Å². The van der Waals surface area contributed by atoms with Gasteiger partial charge in [-0.25, -0.2) is 0 Å². The number of piperazine rings is 1. The lowest BCUT2D eigenvalue weighted by Crippen LogP contribution is -2.54. The molecule has 0 aromatic rings. The molecule has 2 amide bonds. The maximum Gasteiger partial charge on any atom is 0.318 e. The Morgan fingerprint density at radius 2 is 1.28 bits per heavy atom. The van der Waals surface area contributed by atoms with Gasteiger partial charge in [-0.15, -0.1) is 0 Å². The monoisotopic (exact) mass is 302 g/mol. The molecule has 12 heteroatoms. The third kappa shape index (κ3) is 4.85. The van der Waals surface area contributed by atoms with E-state index in [0.717, 1.165) is 9.80 Å². The molecule has 10 nitrogen and oxygen atoms in total. The maximum absolute atomic E-state index is 11.5. The molecule has 0 radical (unpaired) electrons. The van der Waals surface area contributed by atoms with Crippen LogP contribution in [0.25, 0.3) is 0 Å². The first kappa shape index (κ1) is 15.3. The molecule has 104 valence electrons. The summed E-state index contributed by atoms with van der Waals surface area (Å²) in [7, 11) is -6.34. The maximum atomic E-state index is 11.5. The largest absolute Gasteiger partial charge is 0.326 e. The molecule has 1 rings (SSSR count). The van der Waals surface area contributed by atoms with E-state index < -0.39 is 41.8 Å². The predicted octanol–water partition coefficient (Wildman–Crippen LogP) is -1.63. The van der Waals surface area contributed by atoms with Crippen LogP contribution in [0.1, 0.15) is 0 Å². The van der Waals surface area contributed by atoms with Crippen molar-refractivity contribution in [3.63, 3.8) is 0 Å². The Hall–Kier alpha value is -0.760. The van der Waals surface area contributed by atoms with Crippen molar-refractivity contribution in [1.29, 1.82) is 0 Å². The second-order valence-electron chi connectivity index (χ2n) is 3.26. The van der Waals surface area contributed by atoms with Crippen molar-refractivity contribution in [3.05, 3.63) is 0 Å². The van der Waals surface area contributed by atoms with E-state index in [1.54, 1.807) is 0 Å². The molecule has 0 saturated carbocycles. The van der Waals surface area contributed by atoms with Crippen LogP contribution in [0.15, 0.2) is 0 Å². The molecule has 0 aliphatic carbocycles. The SMILES string of the molecule is O=C1CN(CO[PH](=O)O)C(=O)CN1CO[PH](=O)O. The average Bonchev–Trinajstić information content (AvgIpc) is 2.27. The van der Waals surface area contributed by atoms with Gasteiger partial charge in [-0.1, -0.05) is 0 Å². The Labute approximate surface area is 103 Å². The molecule has 2 N–H and O–H groups in total. The first-order valence-electron chi connectivity index (χ1n) is 4.67. The van der Waals surface area contributed by atoms with Gasteiger partial charge in [0.05, 0.1) is 0 Å². The van der Waals surface area contributed by atoms with E-state index in [0.29, 0.717) is 0 Å². The van der Waals surface area contributed by atoms with E-state index in [1.165, 1.54) is 0 Å². The lowest BCUT2D eigenvalue weighted by molar-refractivity contribution is -0.155. The van der Waals surface area contributed by atoms with E-state index in [9.17, 15) is 18.7 Å². The molecular weight excluding hydrogens is 290 g/mol. The third-order valence-corrected chi connectivity index (χ3v) is 2.80. The third-order valence-electron chi connectivity index (χ3n) is 2.05. The molecule has 1 aliphatic rings. The molecule has 2 atom stereocenters. The second kappa shape index (κ2) is 6.98. The van der Waals surface area contributed by atoms with Crippen molar-refractivity contribution in [1.82, 2.24) is 9.80 Å². The minimum atomic E-state index is -3.17. The molecule has 0 spiro atoms. The minimum absolute atomic E-state index is 0.344.